The highest BCUT2D eigenvalue weighted by Gasteiger charge is 2.20. The molecule has 1 N–H and O–H groups in total. The van der Waals surface area contributed by atoms with E-state index in [9.17, 15) is 4.79 Å². The number of carbonyl (C=O) groups is 1. The van der Waals surface area contributed by atoms with Gasteiger partial charge in [0.2, 0.25) is 11.1 Å². The summed E-state index contributed by atoms with van der Waals surface area (Å²) in [5.74, 6) is 0.501. The fraction of sp³-hybridized carbons (Fsp3) is 0.263. The molecule has 0 spiro atoms. The summed E-state index contributed by atoms with van der Waals surface area (Å²) in [6.45, 7) is 6.26. The second-order valence-electron chi connectivity index (χ2n) is 5.89. The third kappa shape index (κ3) is 4.65. The van der Waals surface area contributed by atoms with Gasteiger partial charge in [-0.15, -0.1) is 5.10 Å². The molecule has 0 bridgehead atoms. The number of aryl methyl sites for hydroxylation is 1. The zero-order chi connectivity index (χ0) is 19.2. The molecular weight excluding hydrogens is 362 g/mol. The molecule has 2 aromatic carbocycles. The highest BCUT2D eigenvalue weighted by molar-refractivity contribution is 8.00. The van der Waals surface area contributed by atoms with Gasteiger partial charge in [-0.25, -0.2) is 0 Å². The number of rotatable bonds is 7. The third-order valence-electron chi connectivity index (χ3n) is 3.78. The molecule has 0 saturated carbocycles. The van der Waals surface area contributed by atoms with E-state index < -0.39 is 5.25 Å². The maximum absolute atomic E-state index is 12.6. The van der Waals surface area contributed by atoms with Gasteiger partial charge >= 0.3 is 0 Å². The number of amides is 1. The van der Waals surface area contributed by atoms with E-state index in [1.807, 2.05) is 69.3 Å². The number of hydrogen-bond donors (Lipinski definition) is 1. The first-order valence-electron chi connectivity index (χ1n) is 8.63. The van der Waals surface area contributed by atoms with E-state index in [1.54, 1.807) is 4.68 Å². The number of tetrazole rings is 1. The Morgan fingerprint density at radius 3 is 2.85 bits per heavy atom. The van der Waals surface area contributed by atoms with Gasteiger partial charge in [0.05, 0.1) is 23.2 Å². The van der Waals surface area contributed by atoms with E-state index in [0.29, 0.717) is 23.2 Å². The lowest BCUT2D eigenvalue weighted by Crippen LogP contribution is -2.23. The number of benzene rings is 2. The van der Waals surface area contributed by atoms with Crippen LogP contribution in [-0.4, -0.2) is 38.0 Å². The fourth-order valence-corrected chi connectivity index (χ4v) is 3.28. The Morgan fingerprint density at radius 1 is 1.26 bits per heavy atom. The zero-order valence-electron chi connectivity index (χ0n) is 15.4. The van der Waals surface area contributed by atoms with Crippen molar-refractivity contribution >= 4 is 23.4 Å². The maximum Gasteiger partial charge on any atom is 0.237 e. The van der Waals surface area contributed by atoms with Crippen molar-refractivity contribution in [3.63, 3.8) is 0 Å². The van der Waals surface area contributed by atoms with Gasteiger partial charge < -0.3 is 10.1 Å². The normalized spacial score (nSPS) is 11.8. The lowest BCUT2D eigenvalue weighted by Gasteiger charge is -2.14. The Morgan fingerprint density at radius 2 is 2.07 bits per heavy atom. The average molecular weight is 383 g/mol. The largest absolute Gasteiger partial charge is 0.492 e. The second-order valence-corrected chi connectivity index (χ2v) is 7.20. The van der Waals surface area contributed by atoms with Crippen LogP contribution in [-0.2, 0) is 4.79 Å². The van der Waals surface area contributed by atoms with E-state index in [2.05, 4.69) is 20.8 Å². The van der Waals surface area contributed by atoms with Gasteiger partial charge in [-0.1, -0.05) is 36.0 Å². The molecule has 1 amide bonds. The lowest BCUT2D eigenvalue weighted by molar-refractivity contribution is -0.115. The SMILES string of the molecule is CCOc1ccccc1NC(=O)[C@H](C)Sc1nnnn1-c1cccc(C)c1. The number of thioether (sulfide) groups is 1. The highest BCUT2D eigenvalue weighted by Crippen LogP contribution is 2.27. The number of carbonyl (C=O) groups excluding carboxylic acids is 1. The monoisotopic (exact) mass is 383 g/mol. The summed E-state index contributed by atoms with van der Waals surface area (Å²) in [5, 5.41) is 14.9. The first kappa shape index (κ1) is 18.9. The molecule has 3 rings (SSSR count). The van der Waals surface area contributed by atoms with Crippen molar-refractivity contribution in [2.24, 2.45) is 0 Å². The minimum absolute atomic E-state index is 0.147. The van der Waals surface area contributed by atoms with Crippen LogP contribution in [0.25, 0.3) is 5.69 Å². The molecule has 8 heteroatoms. The van der Waals surface area contributed by atoms with Crippen LogP contribution in [0.5, 0.6) is 5.75 Å². The molecule has 7 nitrogen and oxygen atoms in total. The van der Waals surface area contributed by atoms with Crippen LogP contribution in [0.2, 0.25) is 0 Å². The standard InChI is InChI=1S/C19H21N5O2S/c1-4-26-17-11-6-5-10-16(17)20-18(25)14(3)27-19-21-22-23-24(19)15-9-7-8-13(2)12-15/h5-12,14H,4H2,1-3H3,(H,20,25)/t14-/m0/s1. The fourth-order valence-electron chi connectivity index (χ4n) is 2.47. The molecular formula is C19H21N5O2S. The summed E-state index contributed by atoms with van der Waals surface area (Å²) >= 11 is 1.30. The van der Waals surface area contributed by atoms with Crippen molar-refractivity contribution < 1.29 is 9.53 Å². The Balaban J connectivity index is 1.72. The maximum atomic E-state index is 12.6. The summed E-state index contributed by atoms with van der Waals surface area (Å²) in [5.41, 5.74) is 2.61. The van der Waals surface area contributed by atoms with Crippen molar-refractivity contribution in [3.05, 3.63) is 54.1 Å². The van der Waals surface area contributed by atoms with Gasteiger partial charge in [0.1, 0.15) is 5.75 Å². The first-order chi connectivity index (χ1) is 13.1. The molecule has 140 valence electrons. The predicted molar refractivity (Wildman–Crippen MR) is 105 cm³/mol. The number of hydrogen-bond acceptors (Lipinski definition) is 6. The van der Waals surface area contributed by atoms with E-state index >= 15 is 0 Å². The molecule has 0 fully saturated rings. The number of nitrogens with one attached hydrogen (secondary N) is 1. The van der Waals surface area contributed by atoms with Crippen LogP contribution in [0, 0.1) is 6.92 Å². The third-order valence-corrected chi connectivity index (χ3v) is 4.82. The van der Waals surface area contributed by atoms with E-state index in [4.69, 9.17) is 4.74 Å². The summed E-state index contributed by atoms with van der Waals surface area (Å²) in [4.78, 5) is 12.6. The van der Waals surface area contributed by atoms with Gasteiger partial charge in [0.25, 0.3) is 0 Å². The predicted octanol–water partition coefficient (Wildman–Crippen LogP) is 3.49. The molecule has 0 radical (unpaired) electrons. The van der Waals surface area contributed by atoms with Crippen molar-refractivity contribution in [3.8, 4) is 11.4 Å². The summed E-state index contributed by atoms with van der Waals surface area (Å²) in [6.07, 6.45) is 0. The quantitative estimate of drug-likeness (QED) is 0.629. The number of para-hydroxylation sites is 2. The van der Waals surface area contributed by atoms with E-state index in [-0.39, 0.29) is 5.91 Å². The van der Waals surface area contributed by atoms with Crippen molar-refractivity contribution in [2.45, 2.75) is 31.2 Å². The van der Waals surface area contributed by atoms with Gasteiger partial charge in [-0.05, 0) is 61.0 Å². The molecule has 1 atom stereocenters. The Labute approximate surface area is 162 Å². The molecule has 27 heavy (non-hydrogen) atoms. The minimum Gasteiger partial charge on any atom is -0.492 e. The van der Waals surface area contributed by atoms with E-state index in [1.165, 1.54) is 11.8 Å². The van der Waals surface area contributed by atoms with Crippen LogP contribution < -0.4 is 10.1 Å². The molecule has 1 heterocycles. The molecule has 0 aliphatic rings. The lowest BCUT2D eigenvalue weighted by atomic mass is 10.2. The molecule has 3 aromatic rings. The average Bonchev–Trinajstić information content (AvgIpc) is 3.11. The molecule has 1 aromatic heterocycles. The topological polar surface area (TPSA) is 81.9 Å². The number of ether oxygens (including phenoxy) is 1. The smallest absolute Gasteiger partial charge is 0.237 e. The van der Waals surface area contributed by atoms with Crippen LogP contribution in [0.4, 0.5) is 5.69 Å². The summed E-state index contributed by atoms with van der Waals surface area (Å²) in [6, 6.07) is 15.2. The zero-order valence-corrected chi connectivity index (χ0v) is 16.2. The van der Waals surface area contributed by atoms with Crippen LogP contribution >= 0.6 is 11.8 Å². The summed E-state index contributed by atoms with van der Waals surface area (Å²) < 4.78 is 7.19. The van der Waals surface area contributed by atoms with E-state index in [0.717, 1.165) is 11.3 Å². The van der Waals surface area contributed by atoms with Crippen LogP contribution in [0.1, 0.15) is 19.4 Å². The van der Waals surface area contributed by atoms with Gasteiger partial charge in [0.15, 0.2) is 0 Å². The van der Waals surface area contributed by atoms with Gasteiger partial charge in [-0.2, -0.15) is 4.68 Å². The minimum atomic E-state index is -0.394. The van der Waals surface area contributed by atoms with Gasteiger partial charge in [0, 0.05) is 0 Å². The summed E-state index contributed by atoms with van der Waals surface area (Å²) in [7, 11) is 0. The molecule has 0 aliphatic carbocycles. The van der Waals surface area contributed by atoms with Crippen molar-refractivity contribution in [1.29, 1.82) is 0 Å². The highest BCUT2D eigenvalue weighted by atomic mass is 32.2. The molecule has 0 aliphatic heterocycles. The Hall–Kier alpha value is -2.87. The Bertz CT molecular complexity index is 928. The molecule has 0 unspecified atom stereocenters. The van der Waals surface area contributed by atoms with Crippen LogP contribution in [0.3, 0.4) is 0 Å². The van der Waals surface area contributed by atoms with Crippen LogP contribution in [0.15, 0.2) is 53.7 Å². The van der Waals surface area contributed by atoms with Crippen molar-refractivity contribution in [2.75, 3.05) is 11.9 Å². The number of nitrogens with zero attached hydrogens (tertiary/aromatic N) is 4. The van der Waals surface area contributed by atoms with Crippen molar-refractivity contribution in [1.82, 2.24) is 20.2 Å². The number of aromatic nitrogens is 4. The Kier molecular flexibility index (Phi) is 6.08. The molecule has 0 saturated heterocycles. The number of anilines is 1. The second kappa shape index (κ2) is 8.68. The first-order valence-corrected chi connectivity index (χ1v) is 9.51. The van der Waals surface area contributed by atoms with Gasteiger partial charge in [-0.3, -0.25) is 4.79 Å².